The number of halogens is 1. The van der Waals surface area contributed by atoms with Crippen LogP contribution in [0.4, 0.5) is 0 Å². The molecule has 3 aromatic rings. The number of thiophene rings is 2. The van der Waals surface area contributed by atoms with Crippen LogP contribution >= 0.6 is 38.6 Å². The maximum absolute atomic E-state index is 10.8. The van der Waals surface area contributed by atoms with Crippen molar-refractivity contribution in [1.29, 1.82) is 0 Å². The van der Waals surface area contributed by atoms with Crippen LogP contribution in [0.5, 0.6) is 0 Å². The molecule has 17 heavy (non-hydrogen) atoms. The number of carbonyl (C=O) groups is 2. The Hall–Kier alpha value is -1.04. The van der Waals surface area contributed by atoms with Crippen molar-refractivity contribution in [2.45, 2.75) is 0 Å². The topological polar surface area (TPSA) is 34.1 Å². The highest BCUT2D eigenvalue weighted by atomic mass is 79.9. The van der Waals surface area contributed by atoms with Gasteiger partial charge in [-0.1, -0.05) is 15.9 Å². The maximum Gasteiger partial charge on any atom is 0.160 e. The van der Waals surface area contributed by atoms with Gasteiger partial charge in [0.2, 0.25) is 0 Å². The second-order valence-corrected chi connectivity index (χ2v) is 6.60. The lowest BCUT2D eigenvalue weighted by atomic mass is 10.2. The second-order valence-electron chi connectivity index (χ2n) is 3.55. The second kappa shape index (κ2) is 4.01. The molecular weight excluding hydrogens is 320 g/mol. The fourth-order valence-electron chi connectivity index (χ4n) is 1.81. The zero-order valence-electron chi connectivity index (χ0n) is 8.40. The molecule has 3 rings (SSSR count). The third-order valence-corrected chi connectivity index (χ3v) is 5.28. The van der Waals surface area contributed by atoms with Crippen LogP contribution in [-0.2, 0) is 0 Å². The van der Waals surface area contributed by atoms with Gasteiger partial charge in [0.25, 0.3) is 0 Å². The summed E-state index contributed by atoms with van der Waals surface area (Å²) >= 11 is 6.42. The van der Waals surface area contributed by atoms with Gasteiger partial charge in [0.05, 0.1) is 9.75 Å². The van der Waals surface area contributed by atoms with Crippen molar-refractivity contribution < 1.29 is 9.59 Å². The Morgan fingerprint density at radius 3 is 2.29 bits per heavy atom. The van der Waals surface area contributed by atoms with Crippen LogP contribution in [0.1, 0.15) is 19.3 Å². The molecule has 0 N–H and O–H groups in total. The Morgan fingerprint density at radius 1 is 0.941 bits per heavy atom. The quantitative estimate of drug-likeness (QED) is 0.650. The van der Waals surface area contributed by atoms with Crippen molar-refractivity contribution in [2.24, 2.45) is 0 Å². The van der Waals surface area contributed by atoms with E-state index in [0.717, 1.165) is 37.2 Å². The van der Waals surface area contributed by atoms with Crippen LogP contribution < -0.4 is 0 Å². The van der Waals surface area contributed by atoms with E-state index in [9.17, 15) is 9.59 Å². The lowest BCUT2D eigenvalue weighted by Gasteiger charge is -1.95. The van der Waals surface area contributed by atoms with Crippen molar-refractivity contribution in [3.8, 4) is 0 Å². The Balaban J connectivity index is 2.51. The zero-order chi connectivity index (χ0) is 12.0. The number of rotatable bonds is 2. The number of carbonyl (C=O) groups excluding carboxylic acids is 2. The molecule has 0 aliphatic carbocycles. The molecule has 0 aliphatic heterocycles. The standard InChI is InChI=1S/C12H5BrO2S2/c13-10-3-11-9(2-6(4-14)16-11)12-8(10)1-7(5-15)17-12/h1-5H. The van der Waals surface area contributed by atoms with E-state index < -0.39 is 0 Å². The van der Waals surface area contributed by atoms with Crippen molar-refractivity contribution in [1.82, 2.24) is 0 Å². The first kappa shape index (κ1) is 11.1. The Morgan fingerprint density at radius 2 is 1.59 bits per heavy atom. The molecule has 2 heterocycles. The molecule has 0 saturated carbocycles. The molecule has 0 spiro atoms. The molecule has 0 fully saturated rings. The van der Waals surface area contributed by atoms with E-state index in [-0.39, 0.29) is 0 Å². The lowest BCUT2D eigenvalue weighted by molar-refractivity contribution is 0.111. The summed E-state index contributed by atoms with van der Waals surface area (Å²) in [5.74, 6) is 0. The first-order chi connectivity index (χ1) is 8.22. The SMILES string of the molecule is O=Cc1cc2c(cc(Br)c3cc(C=O)sc32)s1. The Bertz CT molecular complexity index is 755. The average Bonchev–Trinajstić information content (AvgIpc) is 2.91. The molecule has 2 aromatic heterocycles. The van der Waals surface area contributed by atoms with Crippen LogP contribution in [0.15, 0.2) is 22.7 Å². The third-order valence-electron chi connectivity index (χ3n) is 2.52. The maximum atomic E-state index is 10.8. The number of aldehydes is 2. The zero-order valence-corrected chi connectivity index (χ0v) is 11.6. The highest BCUT2D eigenvalue weighted by Gasteiger charge is 2.11. The molecule has 1 aromatic carbocycles. The predicted octanol–water partition coefficient (Wildman–Crippen LogP) is 4.50. The molecule has 0 amide bonds. The van der Waals surface area contributed by atoms with Crippen molar-refractivity contribution in [2.75, 3.05) is 0 Å². The lowest BCUT2D eigenvalue weighted by Crippen LogP contribution is -1.68. The highest BCUT2D eigenvalue weighted by molar-refractivity contribution is 9.10. The van der Waals surface area contributed by atoms with E-state index in [0.29, 0.717) is 9.75 Å². The van der Waals surface area contributed by atoms with Gasteiger partial charge in [-0.3, -0.25) is 9.59 Å². The van der Waals surface area contributed by atoms with Crippen molar-refractivity contribution >= 4 is 71.3 Å². The summed E-state index contributed by atoms with van der Waals surface area (Å²) in [6.07, 6.45) is 1.72. The van der Waals surface area contributed by atoms with Gasteiger partial charge in [0.15, 0.2) is 12.6 Å². The van der Waals surface area contributed by atoms with Gasteiger partial charge in [-0.05, 0) is 18.2 Å². The minimum atomic E-state index is 0.701. The van der Waals surface area contributed by atoms with Crippen molar-refractivity contribution in [3.05, 3.63) is 32.4 Å². The fourth-order valence-corrected chi connectivity index (χ4v) is 4.64. The summed E-state index contributed by atoms with van der Waals surface area (Å²) in [7, 11) is 0. The van der Waals surface area contributed by atoms with Gasteiger partial charge < -0.3 is 0 Å². The minimum absolute atomic E-state index is 0.701. The van der Waals surface area contributed by atoms with Gasteiger partial charge in [-0.2, -0.15) is 0 Å². The smallest absolute Gasteiger partial charge is 0.160 e. The summed E-state index contributed by atoms with van der Waals surface area (Å²) in [6, 6.07) is 5.75. The van der Waals surface area contributed by atoms with Gasteiger partial charge in [-0.15, -0.1) is 22.7 Å². The summed E-state index contributed by atoms with van der Waals surface area (Å²) < 4.78 is 3.08. The first-order valence-electron chi connectivity index (χ1n) is 4.79. The molecule has 84 valence electrons. The fraction of sp³-hybridized carbons (Fsp3) is 0. The van der Waals surface area contributed by atoms with Crippen LogP contribution in [0.25, 0.3) is 20.2 Å². The van der Waals surface area contributed by atoms with Crippen molar-refractivity contribution in [3.63, 3.8) is 0 Å². The van der Waals surface area contributed by atoms with E-state index in [1.165, 1.54) is 22.7 Å². The van der Waals surface area contributed by atoms with Gasteiger partial charge in [-0.25, -0.2) is 0 Å². The van der Waals surface area contributed by atoms with Crippen LogP contribution in [0.2, 0.25) is 0 Å². The average molecular weight is 325 g/mol. The third kappa shape index (κ3) is 1.66. The number of benzene rings is 1. The summed E-state index contributed by atoms with van der Waals surface area (Å²) in [6.45, 7) is 0. The summed E-state index contributed by atoms with van der Waals surface area (Å²) in [4.78, 5) is 23.0. The van der Waals surface area contributed by atoms with Crippen LogP contribution in [-0.4, -0.2) is 12.6 Å². The van der Waals surface area contributed by atoms with Gasteiger partial charge in [0, 0.05) is 24.6 Å². The monoisotopic (exact) mass is 324 g/mol. The molecule has 0 aliphatic rings. The Labute approximate surface area is 113 Å². The highest BCUT2D eigenvalue weighted by Crippen LogP contribution is 2.40. The molecule has 0 saturated heterocycles. The van der Waals surface area contributed by atoms with Crippen LogP contribution in [0, 0.1) is 0 Å². The van der Waals surface area contributed by atoms with Gasteiger partial charge >= 0.3 is 0 Å². The molecule has 0 atom stereocenters. The van der Waals surface area contributed by atoms with E-state index in [4.69, 9.17) is 0 Å². The van der Waals surface area contributed by atoms with E-state index >= 15 is 0 Å². The van der Waals surface area contributed by atoms with Crippen LogP contribution in [0.3, 0.4) is 0 Å². The van der Waals surface area contributed by atoms with E-state index in [2.05, 4.69) is 15.9 Å². The molecule has 0 radical (unpaired) electrons. The molecule has 2 nitrogen and oxygen atoms in total. The largest absolute Gasteiger partial charge is 0.297 e. The summed E-state index contributed by atoms with van der Waals surface area (Å²) in [5.41, 5.74) is 0. The van der Waals surface area contributed by atoms with E-state index in [1.54, 1.807) is 0 Å². The molecule has 0 unspecified atom stereocenters. The normalized spacial score (nSPS) is 11.1. The first-order valence-corrected chi connectivity index (χ1v) is 7.21. The Kier molecular flexibility index (Phi) is 2.61. The number of hydrogen-bond acceptors (Lipinski definition) is 4. The molecular formula is C12H5BrO2S2. The predicted molar refractivity (Wildman–Crippen MR) is 75.7 cm³/mol. The molecule has 0 bridgehead atoms. The summed E-state index contributed by atoms with van der Waals surface area (Å²) in [5, 5.41) is 2.08. The number of fused-ring (bicyclic) bond motifs is 3. The number of hydrogen-bond donors (Lipinski definition) is 0. The minimum Gasteiger partial charge on any atom is -0.297 e. The van der Waals surface area contributed by atoms with Gasteiger partial charge in [0.1, 0.15) is 0 Å². The molecule has 5 heteroatoms. The van der Waals surface area contributed by atoms with E-state index in [1.807, 2.05) is 18.2 Å².